The highest BCUT2D eigenvalue weighted by atomic mass is 35.5. The second-order valence-electron chi connectivity index (χ2n) is 7.83. The maximum atomic E-state index is 13.1. The number of hydrogen-bond donors (Lipinski definition) is 4. The monoisotopic (exact) mass is 520 g/mol. The lowest BCUT2D eigenvalue weighted by atomic mass is 9.99. The lowest BCUT2D eigenvalue weighted by molar-refractivity contribution is -0.140. The van der Waals surface area contributed by atoms with Crippen molar-refractivity contribution < 1.29 is 28.2 Å². The van der Waals surface area contributed by atoms with Crippen LogP contribution in [0.2, 0.25) is 5.02 Å². The molecule has 34 heavy (non-hydrogen) atoms. The molecule has 1 aliphatic rings. The van der Waals surface area contributed by atoms with E-state index in [-0.39, 0.29) is 29.3 Å². The maximum absolute atomic E-state index is 13.1. The van der Waals surface area contributed by atoms with E-state index >= 15 is 0 Å². The van der Waals surface area contributed by atoms with Crippen LogP contribution < -0.4 is 10.0 Å². The molecular formula is C23H21ClN2O6S2. The van der Waals surface area contributed by atoms with Gasteiger partial charge >= 0.3 is 5.97 Å². The number of aliphatic carboxylic acids is 1. The van der Waals surface area contributed by atoms with Gasteiger partial charge in [-0.15, -0.1) is 11.3 Å². The molecular weight excluding hydrogens is 500 g/mol. The Labute approximate surface area is 205 Å². The van der Waals surface area contributed by atoms with Crippen LogP contribution in [0.25, 0.3) is 10.4 Å². The van der Waals surface area contributed by atoms with Crippen LogP contribution in [0.5, 0.6) is 0 Å². The molecule has 11 heteroatoms. The predicted molar refractivity (Wildman–Crippen MR) is 129 cm³/mol. The molecule has 2 aromatic carbocycles. The van der Waals surface area contributed by atoms with E-state index in [0.717, 1.165) is 16.9 Å². The van der Waals surface area contributed by atoms with Gasteiger partial charge in [-0.05, 0) is 47.9 Å². The molecule has 0 bridgehead atoms. The summed E-state index contributed by atoms with van der Waals surface area (Å²) in [4.78, 5) is 25.4. The lowest BCUT2D eigenvalue weighted by Crippen LogP contribution is -2.44. The Hall–Kier alpha value is -2.76. The second kappa shape index (κ2) is 9.47. The fourth-order valence-electron chi connectivity index (χ4n) is 3.83. The van der Waals surface area contributed by atoms with Gasteiger partial charge in [-0.2, -0.15) is 4.72 Å². The van der Waals surface area contributed by atoms with E-state index in [1.807, 2.05) is 0 Å². The van der Waals surface area contributed by atoms with Crippen molar-refractivity contribution in [3.05, 3.63) is 76.8 Å². The molecule has 8 nitrogen and oxygen atoms in total. The molecule has 1 fully saturated rings. The van der Waals surface area contributed by atoms with Crippen LogP contribution in [-0.4, -0.2) is 49.2 Å². The number of nitrogens with one attached hydrogen (secondary N) is 2. The topological polar surface area (TPSA) is 133 Å². The molecule has 0 aliphatic heterocycles. The Morgan fingerprint density at radius 3 is 2.47 bits per heavy atom. The van der Waals surface area contributed by atoms with Gasteiger partial charge in [0.25, 0.3) is 15.9 Å². The largest absolute Gasteiger partial charge is 0.480 e. The number of rotatable bonds is 9. The van der Waals surface area contributed by atoms with E-state index in [9.17, 15) is 23.1 Å². The summed E-state index contributed by atoms with van der Waals surface area (Å²) < 4.78 is 28.6. The van der Waals surface area contributed by atoms with E-state index in [1.165, 1.54) is 6.07 Å². The molecule has 2 atom stereocenters. The quantitative estimate of drug-likeness (QED) is 0.343. The average molecular weight is 521 g/mol. The van der Waals surface area contributed by atoms with Gasteiger partial charge in [-0.25, -0.2) is 8.42 Å². The predicted octanol–water partition coefficient (Wildman–Crippen LogP) is 3.08. The van der Waals surface area contributed by atoms with Crippen molar-refractivity contribution in [3.63, 3.8) is 0 Å². The highest BCUT2D eigenvalue weighted by Gasteiger charge is 2.64. The summed E-state index contributed by atoms with van der Waals surface area (Å²) in [5, 5.41) is 22.0. The Morgan fingerprint density at radius 1 is 1.09 bits per heavy atom. The molecule has 3 aromatic rings. The fraction of sp³-hybridized carbons (Fsp3) is 0.217. The van der Waals surface area contributed by atoms with Gasteiger partial charge in [-0.1, -0.05) is 41.9 Å². The van der Waals surface area contributed by atoms with Crippen molar-refractivity contribution in [2.75, 3.05) is 13.2 Å². The summed E-state index contributed by atoms with van der Waals surface area (Å²) in [5.41, 5.74) is -0.312. The molecule has 1 saturated carbocycles. The number of carbonyl (C=O) groups is 2. The number of halogens is 1. The third-order valence-electron chi connectivity index (χ3n) is 5.61. The third kappa shape index (κ3) is 4.73. The van der Waals surface area contributed by atoms with Crippen LogP contribution >= 0.6 is 22.9 Å². The van der Waals surface area contributed by atoms with E-state index in [0.29, 0.717) is 15.5 Å². The van der Waals surface area contributed by atoms with E-state index < -0.39 is 33.4 Å². The molecule has 178 valence electrons. The SMILES string of the molecule is O=C(NCCO)c1ccccc1C1CC1(NS(=O)(=O)c1ccc(-c2ccc(Cl)cc2)s1)C(=O)O. The first-order valence-corrected chi connectivity index (χ1v) is 13.0. The summed E-state index contributed by atoms with van der Waals surface area (Å²) in [7, 11) is -4.16. The van der Waals surface area contributed by atoms with Crippen molar-refractivity contribution in [1.82, 2.24) is 10.0 Å². The molecule has 1 aromatic heterocycles. The zero-order valence-electron chi connectivity index (χ0n) is 17.7. The summed E-state index contributed by atoms with van der Waals surface area (Å²) >= 11 is 6.93. The highest BCUT2D eigenvalue weighted by Crippen LogP contribution is 2.53. The van der Waals surface area contributed by atoms with E-state index in [4.69, 9.17) is 16.7 Å². The van der Waals surface area contributed by atoms with Crippen molar-refractivity contribution >= 4 is 44.8 Å². The van der Waals surface area contributed by atoms with Crippen molar-refractivity contribution in [2.24, 2.45) is 0 Å². The minimum atomic E-state index is -4.16. The molecule has 1 aliphatic carbocycles. The molecule has 1 amide bonds. The number of carboxylic acid groups (broad SMARTS) is 1. The minimum absolute atomic E-state index is 0.00126. The summed E-state index contributed by atoms with van der Waals surface area (Å²) in [5.74, 6) is -2.52. The molecule has 4 rings (SSSR count). The summed E-state index contributed by atoms with van der Waals surface area (Å²) in [6, 6.07) is 16.5. The minimum Gasteiger partial charge on any atom is -0.480 e. The maximum Gasteiger partial charge on any atom is 0.325 e. The van der Waals surface area contributed by atoms with Gasteiger partial charge in [0.1, 0.15) is 9.75 Å². The van der Waals surface area contributed by atoms with Crippen LogP contribution in [-0.2, 0) is 14.8 Å². The van der Waals surface area contributed by atoms with Gasteiger partial charge in [-0.3, -0.25) is 9.59 Å². The number of sulfonamides is 1. The molecule has 2 unspecified atom stereocenters. The molecule has 0 spiro atoms. The van der Waals surface area contributed by atoms with Gasteiger partial charge < -0.3 is 15.5 Å². The smallest absolute Gasteiger partial charge is 0.325 e. The number of benzene rings is 2. The van der Waals surface area contributed by atoms with Crippen LogP contribution in [0.1, 0.15) is 28.3 Å². The Bertz CT molecular complexity index is 1340. The number of amides is 1. The fourth-order valence-corrected chi connectivity index (χ4v) is 6.67. The van der Waals surface area contributed by atoms with Gasteiger partial charge in [0, 0.05) is 27.9 Å². The number of carboxylic acids is 1. The van der Waals surface area contributed by atoms with Crippen LogP contribution in [0.3, 0.4) is 0 Å². The van der Waals surface area contributed by atoms with E-state index in [1.54, 1.807) is 54.6 Å². The normalized spacial score (nSPS) is 19.5. The van der Waals surface area contributed by atoms with Crippen LogP contribution in [0, 0.1) is 0 Å². The van der Waals surface area contributed by atoms with Crippen molar-refractivity contribution in [2.45, 2.75) is 22.1 Å². The number of carbonyl (C=O) groups excluding carboxylic acids is 1. The first kappa shape index (κ1) is 24.4. The van der Waals surface area contributed by atoms with E-state index in [2.05, 4.69) is 10.0 Å². The zero-order valence-corrected chi connectivity index (χ0v) is 20.1. The lowest BCUT2D eigenvalue weighted by Gasteiger charge is -2.16. The first-order valence-electron chi connectivity index (χ1n) is 10.3. The number of thiophene rings is 1. The Kier molecular flexibility index (Phi) is 6.79. The zero-order chi connectivity index (χ0) is 24.5. The Morgan fingerprint density at radius 2 is 1.79 bits per heavy atom. The molecule has 0 saturated heterocycles. The molecule has 0 radical (unpaired) electrons. The van der Waals surface area contributed by atoms with Crippen LogP contribution in [0.4, 0.5) is 0 Å². The van der Waals surface area contributed by atoms with Crippen molar-refractivity contribution in [3.8, 4) is 10.4 Å². The summed E-state index contributed by atoms with van der Waals surface area (Å²) in [6.07, 6.45) is 0.00126. The third-order valence-corrected chi connectivity index (χ3v) is 9.00. The van der Waals surface area contributed by atoms with Crippen molar-refractivity contribution in [1.29, 1.82) is 0 Å². The molecule has 1 heterocycles. The number of hydrogen-bond acceptors (Lipinski definition) is 6. The second-order valence-corrected chi connectivity index (χ2v) is 11.3. The first-order chi connectivity index (χ1) is 16.2. The van der Waals surface area contributed by atoms with Gasteiger partial charge in [0.2, 0.25) is 0 Å². The number of aliphatic hydroxyl groups excluding tert-OH is 1. The number of aliphatic hydroxyl groups is 1. The van der Waals surface area contributed by atoms with Crippen LogP contribution in [0.15, 0.2) is 64.9 Å². The average Bonchev–Trinajstić information content (AvgIpc) is 3.30. The molecule has 4 N–H and O–H groups in total. The standard InChI is InChI=1S/C23H21ClN2O6S2/c24-15-7-5-14(6-8-15)19-9-10-20(33-19)34(31,32)26-23(22(29)30)13-18(23)16-3-1-2-4-17(16)21(28)25-11-12-27/h1-10,18,26-27H,11-13H2,(H,25,28)(H,29,30). The van der Waals surface area contributed by atoms with Gasteiger partial charge in [0.15, 0.2) is 0 Å². The van der Waals surface area contributed by atoms with Gasteiger partial charge in [0.05, 0.1) is 6.61 Å². The summed E-state index contributed by atoms with van der Waals surface area (Å²) in [6.45, 7) is -0.197. The highest BCUT2D eigenvalue weighted by molar-refractivity contribution is 7.91. The Balaban J connectivity index is 1.60.